The lowest BCUT2D eigenvalue weighted by Gasteiger charge is -2.33. The number of halogens is 2. The van der Waals surface area contributed by atoms with Gasteiger partial charge < -0.3 is 15.4 Å². The van der Waals surface area contributed by atoms with E-state index < -0.39 is 0 Å². The Labute approximate surface area is 144 Å². The third kappa shape index (κ3) is 3.58. The Morgan fingerprint density at radius 1 is 1.26 bits per heavy atom. The first kappa shape index (κ1) is 16.1. The van der Waals surface area contributed by atoms with Crippen molar-refractivity contribution in [2.75, 3.05) is 25.4 Å². The summed E-state index contributed by atoms with van der Waals surface area (Å²) >= 11 is 12.0. The maximum atomic E-state index is 12.6. The number of nitrogen functional groups attached to an aromatic ring is 1. The number of pyridine rings is 1. The molecule has 0 saturated carbocycles. The summed E-state index contributed by atoms with van der Waals surface area (Å²) in [4.78, 5) is 18.3. The van der Waals surface area contributed by atoms with Crippen LogP contribution in [-0.2, 0) is 4.74 Å². The number of ether oxygens (including phenoxy) is 1. The Bertz CT molecular complexity index is 722. The second-order valence-corrected chi connectivity index (χ2v) is 6.07. The number of nitrogens with zero attached hydrogens (tertiary/aromatic N) is 2. The molecule has 1 aliphatic heterocycles. The monoisotopic (exact) mass is 351 g/mol. The third-order valence-electron chi connectivity index (χ3n) is 3.70. The van der Waals surface area contributed by atoms with Crippen LogP contribution in [-0.4, -0.2) is 35.5 Å². The minimum Gasteiger partial charge on any atom is -0.384 e. The Morgan fingerprint density at radius 3 is 2.78 bits per heavy atom. The highest BCUT2D eigenvalue weighted by atomic mass is 35.5. The molecule has 1 saturated heterocycles. The number of aromatic nitrogens is 1. The van der Waals surface area contributed by atoms with E-state index in [0.717, 1.165) is 5.56 Å². The van der Waals surface area contributed by atoms with Crippen LogP contribution in [0.2, 0.25) is 10.0 Å². The van der Waals surface area contributed by atoms with Gasteiger partial charge in [0.15, 0.2) is 0 Å². The van der Waals surface area contributed by atoms with E-state index in [1.807, 2.05) is 6.07 Å². The van der Waals surface area contributed by atoms with Crippen LogP contribution in [0.15, 0.2) is 36.5 Å². The molecule has 1 aliphatic rings. The zero-order valence-corrected chi connectivity index (χ0v) is 13.7. The standard InChI is InChI=1S/C16H15Cl2N3O2/c17-12-3-1-10(7-13(12)18)14-9-21(5-6-23-14)16(22)11-2-4-15(19)20-8-11/h1-4,7-8,14H,5-6,9H2,(H2,19,20). The summed E-state index contributed by atoms with van der Waals surface area (Å²) in [6, 6.07) is 8.65. The van der Waals surface area contributed by atoms with Crippen molar-refractivity contribution in [2.45, 2.75) is 6.10 Å². The van der Waals surface area contributed by atoms with Gasteiger partial charge >= 0.3 is 0 Å². The summed E-state index contributed by atoms with van der Waals surface area (Å²) in [5.74, 6) is 0.295. The molecule has 2 heterocycles. The number of nitrogens with two attached hydrogens (primary N) is 1. The maximum Gasteiger partial charge on any atom is 0.255 e. The lowest BCUT2D eigenvalue weighted by Crippen LogP contribution is -2.42. The smallest absolute Gasteiger partial charge is 0.255 e. The van der Waals surface area contributed by atoms with E-state index in [4.69, 9.17) is 33.7 Å². The summed E-state index contributed by atoms with van der Waals surface area (Å²) in [6.07, 6.45) is 1.26. The molecule has 23 heavy (non-hydrogen) atoms. The molecule has 2 N–H and O–H groups in total. The summed E-state index contributed by atoms with van der Waals surface area (Å²) in [5, 5.41) is 0.964. The number of morpholine rings is 1. The van der Waals surface area contributed by atoms with Gasteiger partial charge in [0.2, 0.25) is 0 Å². The highest BCUT2D eigenvalue weighted by molar-refractivity contribution is 6.42. The third-order valence-corrected chi connectivity index (χ3v) is 4.44. The van der Waals surface area contributed by atoms with Crippen LogP contribution < -0.4 is 5.73 Å². The van der Waals surface area contributed by atoms with Gasteiger partial charge in [0, 0.05) is 12.7 Å². The molecule has 1 atom stereocenters. The molecule has 120 valence electrons. The van der Waals surface area contributed by atoms with Gasteiger partial charge in [0.25, 0.3) is 5.91 Å². The first-order valence-corrected chi connectivity index (χ1v) is 7.87. The van der Waals surface area contributed by atoms with Crippen molar-refractivity contribution < 1.29 is 9.53 Å². The molecule has 1 aromatic heterocycles. The molecule has 0 bridgehead atoms. The van der Waals surface area contributed by atoms with Gasteiger partial charge in [0.05, 0.1) is 28.8 Å². The van der Waals surface area contributed by atoms with E-state index in [1.165, 1.54) is 6.20 Å². The molecular formula is C16H15Cl2N3O2. The number of hydrogen-bond donors (Lipinski definition) is 1. The fraction of sp³-hybridized carbons (Fsp3) is 0.250. The van der Waals surface area contributed by atoms with Crippen LogP contribution in [0.4, 0.5) is 5.82 Å². The number of carbonyl (C=O) groups is 1. The van der Waals surface area contributed by atoms with Gasteiger partial charge in [0.1, 0.15) is 11.9 Å². The molecule has 1 unspecified atom stereocenters. The lowest BCUT2D eigenvalue weighted by molar-refractivity contribution is -0.0228. The average molecular weight is 352 g/mol. The first-order valence-electron chi connectivity index (χ1n) is 7.12. The zero-order valence-electron chi connectivity index (χ0n) is 12.2. The molecule has 1 fully saturated rings. The molecule has 0 aliphatic carbocycles. The zero-order chi connectivity index (χ0) is 16.4. The molecule has 7 heteroatoms. The summed E-state index contributed by atoms with van der Waals surface area (Å²) < 4.78 is 5.76. The number of benzene rings is 1. The molecule has 3 rings (SSSR count). The predicted octanol–water partition coefficient (Wildman–Crippen LogP) is 3.18. The minimum absolute atomic E-state index is 0.0918. The topological polar surface area (TPSA) is 68.5 Å². The van der Waals surface area contributed by atoms with Gasteiger partial charge in [-0.2, -0.15) is 0 Å². The number of amides is 1. The summed E-state index contributed by atoms with van der Waals surface area (Å²) in [5.41, 5.74) is 6.95. The van der Waals surface area contributed by atoms with Crippen molar-refractivity contribution in [3.63, 3.8) is 0 Å². The second kappa shape index (κ2) is 6.74. The molecule has 0 radical (unpaired) electrons. The molecule has 0 spiro atoms. The number of anilines is 1. The van der Waals surface area contributed by atoms with Crippen LogP contribution in [0.1, 0.15) is 22.0 Å². The molecular weight excluding hydrogens is 337 g/mol. The van der Waals surface area contributed by atoms with Crippen molar-refractivity contribution in [1.29, 1.82) is 0 Å². The van der Waals surface area contributed by atoms with Crippen LogP contribution in [0.3, 0.4) is 0 Å². The maximum absolute atomic E-state index is 12.6. The molecule has 1 amide bonds. The van der Waals surface area contributed by atoms with Gasteiger partial charge in [-0.3, -0.25) is 4.79 Å². The SMILES string of the molecule is Nc1ccc(C(=O)N2CCOC(c3ccc(Cl)c(Cl)c3)C2)cn1. The van der Waals surface area contributed by atoms with Crippen molar-refractivity contribution >= 4 is 34.9 Å². The van der Waals surface area contributed by atoms with Gasteiger partial charge in [-0.15, -0.1) is 0 Å². The normalized spacial score (nSPS) is 18.0. The van der Waals surface area contributed by atoms with Gasteiger partial charge in [-0.25, -0.2) is 4.98 Å². The van der Waals surface area contributed by atoms with Crippen LogP contribution >= 0.6 is 23.2 Å². The summed E-state index contributed by atoms with van der Waals surface area (Å²) in [7, 11) is 0. The molecule has 1 aromatic carbocycles. The Morgan fingerprint density at radius 2 is 2.09 bits per heavy atom. The number of carbonyl (C=O) groups excluding carboxylic acids is 1. The highest BCUT2D eigenvalue weighted by Gasteiger charge is 2.26. The number of rotatable bonds is 2. The predicted molar refractivity (Wildman–Crippen MR) is 89.7 cm³/mol. The fourth-order valence-corrected chi connectivity index (χ4v) is 2.77. The second-order valence-electron chi connectivity index (χ2n) is 5.26. The Kier molecular flexibility index (Phi) is 4.71. The fourth-order valence-electron chi connectivity index (χ4n) is 2.46. The van der Waals surface area contributed by atoms with Crippen molar-refractivity contribution in [2.24, 2.45) is 0 Å². The molecule has 2 aromatic rings. The minimum atomic E-state index is -0.232. The van der Waals surface area contributed by atoms with Gasteiger partial charge in [-0.1, -0.05) is 29.3 Å². The number of hydrogen-bond acceptors (Lipinski definition) is 4. The summed E-state index contributed by atoms with van der Waals surface area (Å²) in [6.45, 7) is 1.43. The first-order chi connectivity index (χ1) is 11.0. The Balaban J connectivity index is 1.76. The van der Waals surface area contributed by atoms with E-state index in [-0.39, 0.29) is 12.0 Å². The Hall–Kier alpha value is -1.82. The van der Waals surface area contributed by atoms with E-state index >= 15 is 0 Å². The van der Waals surface area contributed by atoms with E-state index in [2.05, 4.69) is 4.98 Å². The van der Waals surface area contributed by atoms with Crippen LogP contribution in [0.25, 0.3) is 0 Å². The molecule has 5 nitrogen and oxygen atoms in total. The van der Waals surface area contributed by atoms with Crippen LogP contribution in [0.5, 0.6) is 0 Å². The van der Waals surface area contributed by atoms with E-state index in [1.54, 1.807) is 29.2 Å². The quantitative estimate of drug-likeness (QED) is 0.901. The lowest BCUT2D eigenvalue weighted by atomic mass is 10.1. The average Bonchev–Trinajstić information content (AvgIpc) is 2.57. The van der Waals surface area contributed by atoms with Gasteiger partial charge in [-0.05, 0) is 29.8 Å². The van der Waals surface area contributed by atoms with Crippen molar-refractivity contribution in [1.82, 2.24) is 9.88 Å². The largest absolute Gasteiger partial charge is 0.384 e. The van der Waals surface area contributed by atoms with Crippen molar-refractivity contribution in [3.05, 3.63) is 57.7 Å². The van der Waals surface area contributed by atoms with Crippen LogP contribution in [0, 0.1) is 0 Å². The van der Waals surface area contributed by atoms with E-state index in [0.29, 0.717) is 41.1 Å². The van der Waals surface area contributed by atoms with E-state index in [9.17, 15) is 4.79 Å². The van der Waals surface area contributed by atoms with Crippen molar-refractivity contribution in [3.8, 4) is 0 Å². The highest BCUT2D eigenvalue weighted by Crippen LogP contribution is 2.29.